The van der Waals surface area contributed by atoms with Crippen LogP contribution in [0.25, 0.3) is 0 Å². The van der Waals surface area contributed by atoms with Crippen LogP contribution in [-0.2, 0) is 11.3 Å². The second kappa shape index (κ2) is 5.35. The van der Waals surface area contributed by atoms with Gasteiger partial charge >= 0.3 is 0 Å². The molecular formula is C13H18FN3O. The van der Waals surface area contributed by atoms with E-state index in [9.17, 15) is 9.18 Å². The minimum atomic E-state index is -0.308. The Labute approximate surface area is 106 Å². The van der Waals surface area contributed by atoms with E-state index in [4.69, 9.17) is 5.73 Å². The fourth-order valence-corrected chi connectivity index (χ4v) is 2.39. The summed E-state index contributed by atoms with van der Waals surface area (Å²) in [6.45, 7) is 1.27. The second-order valence-electron chi connectivity index (χ2n) is 4.59. The maximum absolute atomic E-state index is 13.7. The van der Waals surface area contributed by atoms with Crippen molar-refractivity contribution < 1.29 is 9.18 Å². The van der Waals surface area contributed by atoms with E-state index in [0.717, 1.165) is 19.4 Å². The first-order valence-corrected chi connectivity index (χ1v) is 6.11. The van der Waals surface area contributed by atoms with Gasteiger partial charge in [-0.3, -0.25) is 9.69 Å². The van der Waals surface area contributed by atoms with Gasteiger partial charge < -0.3 is 11.1 Å². The van der Waals surface area contributed by atoms with Crippen LogP contribution in [0, 0.1) is 5.82 Å². The Balaban J connectivity index is 2.10. The second-order valence-corrected chi connectivity index (χ2v) is 4.59. The summed E-state index contributed by atoms with van der Waals surface area (Å²) >= 11 is 0. The first-order chi connectivity index (χ1) is 8.61. The predicted molar refractivity (Wildman–Crippen MR) is 68.3 cm³/mol. The molecular weight excluding hydrogens is 233 g/mol. The van der Waals surface area contributed by atoms with Crippen molar-refractivity contribution in [1.82, 2.24) is 10.2 Å². The van der Waals surface area contributed by atoms with E-state index in [1.54, 1.807) is 19.2 Å². The molecule has 1 saturated heterocycles. The van der Waals surface area contributed by atoms with Crippen molar-refractivity contribution in [2.75, 3.05) is 19.3 Å². The third kappa shape index (κ3) is 2.61. The van der Waals surface area contributed by atoms with Crippen molar-refractivity contribution in [1.29, 1.82) is 0 Å². The molecule has 0 bridgehead atoms. The lowest BCUT2D eigenvalue weighted by molar-refractivity contribution is -0.125. The molecule has 1 heterocycles. The van der Waals surface area contributed by atoms with E-state index in [2.05, 4.69) is 5.32 Å². The zero-order chi connectivity index (χ0) is 13.1. The minimum absolute atomic E-state index is 0.00310. The molecule has 1 aromatic rings. The van der Waals surface area contributed by atoms with Crippen LogP contribution in [0.3, 0.4) is 0 Å². The van der Waals surface area contributed by atoms with E-state index in [0.29, 0.717) is 17.8 Å². The topological polar surface area (TPSA) is 58.4 Å². The lowest BCUT2D eigenvalue weighted by atomic mass is 10.1. The number of carbonyl (C=O) groups is 1. The number of nitrogens with one attached hydrogen (secondary N) is 1. The molecule has 1 aromatic carbocycles. The van der Waals surface area contributed by atoms with Crippen LogP contribution in [-0.4, -0.2) is 30.4 Å². The van der Waals surface area contributed by atoms with Gasteiger partial charge in [-0.15, -0.1) is 0 Å². The number of anilines is 1. The van der Waals surface area contributed by atoms with Crippen molar-refractivity contribution in [3.05, 3.63) is 29.6 Å². The zero-order valence-electron chi connectivity index (χ0n) is 10.4. The van der Waals surface area contributed by atoms with Gasteiger partial charge in [0, 0.05) is 24.8 Å². The Morgan fingerprint density at radius 3 is 3.06 bits per heavy atom. The molecule has 1 atom stereocenters. The van der Waals surface area contributed by atoms with Crippen LogP contribution in [0.5, 0.6) is 0 Å². The first-order valence-electron chi connectivity index (χ1n) is 6.11. The number of amides is 1. The summed E-state index contributed by atoms with van der Waals surface area (Å²) in [6, 6.07) is 4.54. The monoisotopic (exact) mass is 251 g/mol. The summed E-state index contributed by atoms with van der Waals surface area (Å²) in [7, 11) is 1.63. The van der Waals surface area contributed by atoms with Crippen LogP contribution in [0.15, 0.2) is 18.2 Å². The van der Waals surface area contributed by atoms with Gasteiger partial charge in [0.05, 0.1) is 6.04 Å². The number of nitrogen functional groups attached to an aromatic ring is 1. The molecule has 1 unspecified atom stereocenters. The quantitative estimate of drug-likeness (QED) is 0.791. The Morgan fingerprint density at radius 2 is 2.39 bits per heavy atom. The van der Waals surface area contributed by atoms with Gasteiger partial charge in [0.1, 0.15) is 5.82 Å². The Hall–Kier alpha value is -1.62. The summed E-state index contributed by atoms with van der Waals surface area (Å²) in [6.07, 6.45) is 1.80. The van der Waals surface area contributed by atoms with Crippen molar-refractivity contribution in [2.24, 2.45) is 0 Å². The minimum Gasteiger partial charge on any atom is -0.399 e. The van der Waals surface area contributed by atoms with Gasteiger partial charge in [0.2, 0.25) is 5.91 Å². The molecule has 1 aliphatic heterocycles. The lowest BCUT2D eigenvalue weighted by Crippen LogP contribution is -2.41. The van der Waals surface area contributed by atoms with Gasteiger partial charge in [-0.1, -0.05) is 6.07 Å². The van der Waals surface area contributed by atoms with Crippen molar-refractivity contribution in [3.63, 3.8) is 0 Å². The highest BCUT2D eigenvalue weighted by Crippen LogP contribution is 2.22. The SMILES string of the molecule is CNC(=O)C1CCCN1Cc1ccc(N)cc1F. The first kappa shape index (κ1) is 12.8. The number of hydrogen-bond donors (Lipinski definition) is 2. The molecule has 0 spiro atoms. The summed E-state index contributed by atoms with van der Waals surface area (Å²) in [5.74, 6) is -0.305. The molecule has 18 heavy (non-hydrogen) atoms. The molecule has 3 N–H and O–H groups in total. The number of carbonyl (C=O) groups excluding carboxylic acids is 1. The Morgan fingerprint density at radius 1 is 1.61 bits per heavy atom. The molecule has 1 amide bonds. The molecule has 1 aliphatic rings. The number of benzene rings is 1. The van der Waals surface area contributed by atoms with E-state index in [-0.39, 0.29) is 17.8 Å². The van der Waals surface area contributed by atoms with E-state index in [1.807, 2.05) is 4.90 Å². The van der Waals surface area contributed by atoms with Crippen LogP contribution >= 0.6 is 0 Å². The third-order valence-electron chi connectivity index (χ3n) is 3.36. The lowest BCUT2D eigenvalue weighted by Gasteiger charge is -2.23. The van der Waals surface area contributed by atoms with E-state index in [1.165, 1.54) is 6.07 Å². The zero-order valence-corrected chi connectivity index (χ0v) is 10.4. The summed E-state index contributed by atoms with van der Waals surface area (Å²) in [5.41, 5.74) is 6.52. The van der Waals surface area contributed by atoms with Gasteiger partial charge in [-0.2, -0.15) is 0 Å². The molecule has 98 valence electrons. The molecule has 0 saturated carbocycles. The highest BCUT2D eigenvalue weighted by Gasteiger charge is 2.30. The molecule has 0 aromatic heterocycles. The summed E-state index contributed by atoms with van der Waals surface area (Å²) in [4.78, 5) is 13.7. The summed E-state index contributed by atoms with van der Waals surface area (Å²) < 4.78 is 13.7. The highest BCUT2D eigenvalue weighted by atomic mass is 19.1. The van der Waals surface area contributed by atoms with E-state index >= 15 is 0 Å². The smallest absolute Gasteiger partial charge is 0.237 e. The number of likely N-dealkylation sites (N-methyl/N-ethyl adjacent to an activating group) is 1. The van der Waals surface area contributed by atoms with E-state index < -0.39 is 0 Å². The highest BCUT2D eigenvalue weighted by molar-refractivity contribution is 5.81. The third-order valence-corrected chi connectivity index (χ3v) is 3.36. The predicted octanol–water partition coefficient (Wildman–Crippen LogP) is 1.12. The number of rotatable bonds is 3. The van der Waals surface area contributed by atoms with Gasteiger partial charge in [0.15, 0.2) is 0 Å². The Kier molecular flexibility index (Phi) is 3.81. The average molecular weight is 251 g/mol. The number of hydrogen-bond acceptors (Lipinski definition) is 3. The maximum atomic E-state index is 13.7. The van der Waals surface area contributed by atoms with Crippen LogP contribution in [0.1, 0.15) is 18.4 Å². The largest absolute Gasteiger partial charge is 0.399 e. The van der Waals surface area contributed by atoms with Crippen LogP contribution in [0.4, 0.5) is 10.1 Å². The Bertz CT molecular complexity index is 450. The fourth-order valence-electron chi connectivity index (χ4n) is 2.39. The number of nitrogens with two attached hydrogens (primary N) is 1. The van der Waals surface area contributed by atoms with Crippen molar-refractivity contribution in [2.45, 2.75) is 25.4 Å². The maximum Gasteiger partial charge on any atom is 0.237 e. The molecule has 5 heteroatoms. The van der Waals surface area contributed by atoms with Crippen molar-refractivity contribution >= 4 is 11.6 Å². The number of nitrogens with zero attached hydrogens (tertiary/aromatic N) is 1. The molecule has 0 aliphatic carbocycles. The van der Waals surface area contributed by atoms with Crippen molar-refractivity contribution in [3.8, 4) is 0 Å². The molecule has 1 fully saturated rings. The number of halogens is 1. The molecule has 4 nitrogen and oxygen atoms in total. The van der Waals surface area contributed by atoms with Gasteiger partial charge in [0.25, 0.3) is 0 Å². The fraction of sp³-hybridized carbons (Fsp3) is 0.462. The molecule has 2 rings (SSSR count). The van der Waals surface area contributed by atoms with Gasteiger partial charge in [-0.25, -0.2) is 4.39 Å². The van der Waals surface area contributed by atoms with Crippen LogP contribution in [0.2, 0.25) is 0 Å². The number of likely N-dealkylation sites (tertiary alicyclic amines) is 1. The van der Waals surface area contributed by atoms with Gasteiger partial charge in [-0.05, 0) is 31.5 Å². The normalized spacial score (nSPS) is 20.0. The summed E-state index contributed by atoms with van der Waals surface area (Å²) in [5, 5.41) is 2.65. The van der Waals surface area contributed by atoms with Crippen LogP contribution < -0.4 is 11.1 Å². The molecule has 0 radical (unpaired) electrons. The standard InChI is InChI=1S/C13H18FN3O/c1-16-13(18)12-3-2-6-17(12)8-9-4-5-10(15)7-11(9)14/h4-5,7,12H,2-3,6,8,15H2,1H3,(H,16,18). The average Bonchev–Trinajstić information content (AvgIpc) is 2.80.